The third kappa shape index (κ3) is 4.56. The highest BCUT2D eigenvalue weighted by Crippen LogP contribution is 2.24. The van der Waals surface area contributed by atoms with Crippen molar-refractivity contribution in [2.75, 3.05) is 19.8 Å². The van der Waals surface area contributed by atoms with Crippen LogP contribution in [0, 0.1) is 6.92 Å². The van der Waals surface area contributed by atoms with Crippen LogP contribution in [0.25, 0.3) is 0 Å². The fourth-order valence-electron chi connectivity index (χ4n) is 2.83. The van der Waals surface area contributed by atoms with Gasteiger partial charge in [0.15, 0.2) is 5.78 Å². The highest BCUT2D eigenvalue weighted by atomic mass is 19.4. The molecule has 1 fully saturated rings. The minimum absolute atomic E-state index is 0.0839. The molecule has 0 spiro atoms. The summed E-state index contributed by atoms with van der Waals surface area (Å²) in [6.45, 7) is 2.33. The summed E-state index contributed by atoms with van der Waals surface area (Å²) in [5, 5.41) is 0. The summed E-state index contributed by atoms with van der Waals surface area (Å²) in [4.78, 5) is 25.1. The smallest absolute Gasteiger partial charge is 0.379 e. The summed E-state index contributed by atoms with van der Waals surface area (Å²) in [5.74, 6) is -0.962. The molecule has 0 N–H and O–H groups in total. The predicted molar refractivity (Wildman–Crippen MR) is 82.1 cm³/mol. The van der Waals surface area contributed by atoms with Crippen molar-refractivity contribution in [2.45, 2.75) is 38.9 Å². The van der Waals surface area contributed by atoms with Gasteiger partial charge in [-0.15, -0.1) is 0 Å². The number of nitrogens with zero attached hydrogens (tertiary/aromatic N) is 1. The first kappa shape index (κ1) is 18.4. The number of carbonyl (C=O) groups is 2. The summed E-state index contributed by atoms with van der Waals surface area (Å²) in [5.41, 5.74) is 1.11. The quantitative estimate of drug-likeness (QED) is 0.788. The first-order valence-corrected chi connectivity index (χ1v) is 7.76. The monoisotopic (exact) mass is 343 g/mol. The molecule has 2 rings (SSSR count). The number of ether oxygens (including phenoxy) is 1. The molecule has 132 valence electrons. The second kappa shape index (κ2) is 7.34. The van der Waals surface area contributed by atoms with E-state index in [0.717, 1.165) is 4.90 Å². The number of aryl methyl sites for hydroxylation is 1. The molecule has 1 saturated heterocycles. The molecular formula is C17H20F3NO3. The van der Waals surface area contributed by atoms with Crippen molar-refractivity contribution in [2.24, 2.45) is 0 Å². The zero-order valence-electron chi connectivity index (χ0n) is 13.7. The zero-order valence-corrected chi connectivity index (χ0v) is 13.7. The standard InChI is InChI=1S/C17H20F3NO3/c1-11-5-6-13(8-15(11)12(2)22)16(23)21(10-17(18,19)20)14-4-3-7-24-9-14/h5-6,8,14H,3-4,7,9-10H2,1-2H3/t14-/m0/s1. The summed E-state index contributed by atoms with van der Waals surface area (Å²) in [7, 11) is 0. The number of hydrogen-bond donors (Lipinski definition) is 0. The third-order valence-electron chi connectivity index (χ3n) is 4.05. The van der Waals surface area contributed by atoms with Gasteiger partial charge < -0.3 is 9.64 Å². The number of Topliss-reactive ketones (excluding diaryl/α,β-unsaturated/α-hetero) is 1. The Morgan fingerprint density at radius 3 is 2.58 bits per heavy atom. The van der Waals surface area contributed by atoms with Crippen LogP contribution < -0.4 is 0 Å². The predicted octanol–water partition coefficient (Wildman–Crippen LogP) is 3.38. The van der Waals surface area contributed by atoms with Crippen LogP contribution in [0.1, 0.15) is 46.0 Å². The van der Waals surface area contributed by atoms with Gasteiger partial charge >= 0.3 is 6.18 Å². The Bertz CT molecular complexity index is 622. The molecule has 0 aliphatic carbocycles. The van der Waals surface area contributed by atoms with Gasteiger partial charge in [-0.2, -0.15) is 13.2 Å². The van der Waals surface area contributed by atoms with E-state index in [0.29, 0.717) is 30.6 Å². The van der Waals surface area contributed by atoms with Gasteiger partial charge in [0.25, 0.3) is 5.91 Å². The van der Waals surface area contributed by atoms with Crippen molar-refractivity contribution in [1.29, 1.82) is 0 Å². The fraction of sp³-hybridized carbons (Fsp3) is 0.529. The molecule has 0 unspecified atom stereocenters. The zero-order chi connectivity index (χ0) is 17.9. The Kier molecular flexibility index (Phi) is 5.64. The van der Waals surface area contributed by atoms with E-state index in [1.165, 1.54) is 19.1 Å². The van der Waals surface area contributed by atoms with Crippen LogP contribution in [-0.4, -0.2) is 48.6 Å². The maximum Gasteiger partial charge on any atom is 0.406 e. The molecule has 0 saturated carbocycles. The molecule has 0 bridgehead atoms. The highest BCUT2D eigenvalue weighted by Gasteiger charge is 2.37. The second-order valence-electron chi connectivity index (χ2n) is 6.01. The van der Waals surface area contributed by atoms with Gasteiger partial charge in [-0.05, 0) is 44.4 Å². The topological polar surface area (TPSA) is 46.6 Å². The molecule has 1 amide bonds. The van der Waals surface area contributed by atoms with Crippen molar-refractivity contribution < 1.29 is 27.5 Å². The Hall–Kier alpha value is -1.89. The summed E-state index contributed by atoms with van der Waals surface area (Å²) < 4.78 is 44.0. The van der Waals surface area contributed by atoms with Crippen LogP contribution in [0.4, 0.5) is 13.2 Å². The molecule has 4 nitrogen and oxygen atoms in total. The van der Waals surface area contributed by atoms with Crippen molar-refractivity contribution in [3.63, 3.8) is 0 Å². The minimum atomic E-state index is -4.50. The summed E-state index contributed by atoms with van der Waals surface area (Å²) >= 11 is 0. The molecule has 1 atom stereocenters. The van der Waals surface area contributed by atoms with Gasteiger partial charge in [0.2, 0.25) is 0 Å². The molecule has 1 aromatic carbocycles. The Morgan fingerprint density at radius 1 is 1.33 bits per heavy atom. The number of rotatable bonds is 4. The average molecular weight is 343 g/mol. The van der Waals surface area contributed by atoms with Crippen molar-refractivity contribution in [3.05, 3.63) is 34.9 Å². The molecule has 1 heterocycles. The first-order valence-electron chi connectivity index (χ1n) is 7.76. The van der Waals surface area contributed by atoms with E-state index in [4.69, 9.17) is 4.74 Å². The number of ketones is 1. The van der Waals surface area contributed by atoms with Crippen LogP contribution in [0.15, 0.2) is 18.2 Å². The Morgan fingerprint density at radius 2 is 2.04 bits per heavy atom. The normalized spacial score (nSPS) is 18.3. The van der Waals surface area contributed by atoms with Crippen LogP contribution >= 0.6 is 0 Å². The molecule has 1 aliphatic rings. The van der Waals surface area contributed by atoms with E-state index in [-0.39, 0.29) is 18.0 Å². The number of halogens is 3. The van der Waals surface area contributed by atoms with E-state index in [2.05, 4.69) is 0 Å². The van der Waals surface area contributed by atoms with Crippen LogP contribution in [0.5, 0.6) is 0 Å². The van der Waals surface area contributed by atoms with Gasteiger partial charge in [0.1, 0.15) is 6.54 Å². The lowest BCUT2D eigenvalue weighted by atomic mass is 10.0. The second-order valence-corrected chi connectivity index (χ2v) is 6.01. The molecule has 0 radical (unpaired) electrons. The van der Waals surface area contributed by atoms with Crippen LogP contribution in [0.2, 0.25) is 0 Å². The SMILES string of the molecule is CC(=O)c1cc(C(=O)N(CC(F)(F)F)[C@H]2CCCOC2)ccc1C. The lowest BCUT2D eigenvalue weighted by Gasteiger charge is -2.34. The van der Waals surface area contributed by atoms with E-state index in [9.17, 15) is 22.8 Å². The molecule has 1 aromatic rings. The lowest BCUT2D eigenvalue weighted by Crippen LogP contribution is -2.49. The van der Waals surface area contributed by atoms with Crippen molar-refractivity contribution >= 4 is 11.7 Å². The number of hydrogen-bond acceptors (Lipinski definition) is 3. The number of alkyl halides is 3. The van der Waals surface area contributed by atoms with Gasteiger partial charge in [-0.1, -0.05) is 6.07 Å². The lowest BCUT2D eigenvalue weighted by molar-refractivity contribution is -0.148. The minimum Gasteiger partial charge on any atom is -0.379 e. The van der Waals surface area contributed by atoms with E-state index < -0.39 is 24.7 Å². The number of carbonyl (C=O) groups excluding carboxylic acids is 2. The largest absolute Gasteiger partial charge is 0.406 e. The van der Waals surface area contributed by atoms with Gasteiger partial charge in [-0.3, -0.25) is 9.59 Å². The molecule has 7 heteroatoms. The number of benzene rings is 1. The number of amides is 1. The Balaban J connectivity index is 2.32. The van der Waals surface area contributed by atoms with Gasteiger partial charge in [0, 0.05) is 17.7 Å². The molecule has 1 aliphatic heterocycles. The van der Waals surface area contributed by atoms with Crippen LogP contribution in [-0.2, 0) is 4.74 Å². The molecule has 24 heavy (non-hydrogen) atoms. The fourth-order valence-corrected chi connectivity index (χ4v) is 2.83. The molecular weight excluding hydrogens is 323 g/mol. The maximum atomic E-state index is 12.9. The van der Waals surface area contributed by atoms with Crippen molar-refractivity contribution in [1.82, 2.24) is 4.90 Å². The first-order chi connectivity index (χ1) is 11.2. The van der Waals surface area contributed by atoms with E-state index in [1.54, 1.807) is 13.0 Å². The highest BCUT2D eigenvalue weighted by molar-refractivity contribution is 6.00. The Labute approximate surface area is 138 Å². The third-order valence-corrected chi connectivity index (χ3v) is 4.05. The molecule has 0 aromatic heterocycles. The van der Waals surface area contributed by atoms with E-state index in [1.807, 2.05) is 0 Å². The van der Waals surface area contributed by atoms with Gasteiger partial charge in [0.05, 0.1) is 12.6 Å². The maximum absolute atomic E-state index is 12.9. The average Bonchev–Trinajstić information content (AvgIpc) is 2.52. The van der Waals surface area contributed by atoms with E-state index >= 15 is 0 Å². The van der Waals surface area contributed by atoms with Gasteiger partial charge in [-0.25, -0.2) is 0 Å². The van der Waals surface area contributed by atoms with Crippen molar-refractivity contribution in [3.8, 4) is 0 Å². The van der Waals surface area contributed by atoms with Crippen LogP contribution in [0.3, 0.4) is 0 Å². The summed E-state index contributed by atoms with van der Waals surface area (Å²) in [6.07, 6.45) is -3.42. The summed E-state index contributed by atoms with van der Waals surface area (Å²) in [6, 6.07) is 3.78.